The minimum absolute atomic E-state index is 0.0427. The van der Waals surface area contributed by atoms with Crippen molar-refractivity contribution in [2.75, 3.05) is 0 Å². The van der Waals surface area contributed by atoms with E-state index in [2.05, 4.69) is 0 Å². The molecule has 0 spiro atoms. The lowest BCUT2D eigenvalue weighted by molar-refractivity contribution is -0.714. The molecule has 20 N–H and O–H groups in total. The number of hydrogen-bond donors (Lipinski definition) is 19. The molecule has 6 aliphatic rings. The zero-order valence-electron chi connectivity index (χ0n) is 19.8. The van der Waals surface area contributed by atoms with Gasteiger partial charge in [0.15, 0.2) is 11.5 Å². The highest BCUT2D eigenvalue weighted by molar-refractivity contribution is 5.53. The largest absolute Gasteiger partial charge is 0.375 e. The lowest BCUT2D eigenvalue weighted by atomic mass is 9.29. The summed E-state index contributed by atoms with van der Waals surface area (Å²) in [4.78, 5) is 0.269. The van der Waals surface area contributed by atoms with E-state index in [9.17, 15) is 97.2 Å². The maximum atomic E-state index is 11.2. The first-order valence-corrected chi connectivity index (χ1v) is 11.2. The maximum Gasteiger partial charge on any atom is 0.244 e. The fourth-order valence-electron chi connectivity index (χ4n) is 7.79. The Balaban J connectivity index is 1.89. The van der Waals surface area contributed by atoms with Crippen LogP contribution in [0, 0.1) is 22.7 Å². The van der Waals surface area contributed by atoms with Gasteiger partial charge in [-0.2, -0.15) is 5.26 Å². The van der Waals surface area contributed by atoms with Crippen molar-refractivity contribution in [2.24, 2.45) is 17.1 Å². The Morgan fingerprint density at radius 3 is 1.30 bits per heavy atom. The van der Waals surface area contributed by atoms with Gasteiger partial charge in [0.1, 0.15) is 6.23 Å². The second-order valence-electron chi connectivity index (χ2n) is 11.1. The van der Waals surface area contributed by atoms with Crippen molar-refractivity contribution < 1.29 is 91.9 Å². The van der Waals surface area contributed by atoms with E-state index >= 15 is 0 Å². The summed E-state index contributed by atoms with van der Waals surface area (Å²) >= 11 is 0. The van der Waals surface area contributed by atoms with Gasteiger partial charge in [-0.05, 0) is 12.5 Å². The van der Waals surface area contributed by atoms with Crippen molar-refractivity contribution in [3.63, 3.8) is 0 Å². The Labute approximate surface area is 219 Å². The third-order valence-electron chi connectivity index (χ3n) is 9.83. The number of hydrogen-bond acceptors (Lipinski definition) is 21. The van der Waals surface area contributed by atoms with E-state index in [-0.39, 0.29) is 16.2 Å². The smallest absolute Gasteiger partial charge is 0.244 e. The van der Waals surface area contributed by atoms with Gasteiger partial charge >= 0.3 is 0 Å². The van der Waals surface area contributed by atoms with Crippen LogP contribution in [0.5, 0.6) is 0 Å². The van der Waals surface area contributed by atoms with E-state index in [1.54, 1.807) is 0 Å². The van der Waals surface area contributed by atoms with Crippen LogP contribution in [0.2, 0.25) is 0 Å². The molecule has 226 valence electrons. The molecular weight excluding hydrogens is 558 g/mol. The summed E-state index contributed by atoms with van der Waals surface area (Å²) < 4.78 is 0. The fraction of sp³-hybridized carbons (Fsp3) is 0.842. The normalized spacial score (nSPS) is 48.4. The first kappa shape index (κ1) is 29.8. The average molecular weight is 585 g/mol. The van der Waals surface area contributed by atoms with Gasteiger partial charge in [-0.1, -0.05) is 0 Å². The van der Waals surface area contributed by atoms with Crippen molar-refractivity contribution >= 4 is 0 Å². The Hall–Kier alpha value is -1.73. The van der Waals surface area contributed by atoms with E-state index in [1.807, 2.05) is 0 Å². The second kappa shape index (κ2) is 6.59. The first-order chi connectivity index (χ1) is 17.5. The SMILES string of the molecule is CC1=C2C1C(O)(O)C(C#N)N2C(O)C(N)C12C(O)(O)C3(O)C(O)(O)C(O)(C(O)(O)C(O)(C3(O)O)C1(O)O)C2(O)O. The summed E-state index contributed by atoms with van der Waals surface area (Å²) in [5.41, 5.74) is -15.4. The Morgan fingerprint density at radius 1 is 0.675 bits per heavy atom. The van der Waals surface area contributed by atoms with E-state index in [4.69, 9.17) is 5.73 Å². The number of nitriles is 1. The molecule has 0 aromatic rings. The Bertz CT molecular complexity index is 1180. The molecule has 0 radical (unpaired) electrons. The Morgan fingerprint density at radius 2 is 1.00 bits per heavy atom. The molecule has 1 aliphatic heterocycles. The van der Waals surface area contributed by atoms with E-state index in [0.29, 0.717) is 0 Å². The van der Waals surface area contributed by atoms with Crippen LogP contribution in [0.25, 0.3) is 0 Å². The van der Waals surface area contributed by atoms with Crippen molar-refractivity contribution in [2.45, 2.75) is 82.5 Å². The molecule has 0 aromatic carbocycles. The highest BCUT2D eigenvalue weighted by Crippen LogP contribution is 2.80. The highest BCUT2D eigenvalue weighted by Gasteiger charge is 3.14. The molecular formula is C19H27N3O18. The molecule has 21 heteroatoms. The molecule has 4 atom stereocenters. The van der Waals surface area contributed by atoms with Gasteiger partial charge < -0.3 is 103 Å². The summed E-state index contributed by atoms with van der Waals surface area (Å²) in [7, 11) is 0. The van der Waals surface area contributed by atoms with Crippen molar-refractivity contribution in [3.8, 4) is 6.07 Å². The number of fused-ring (bicyclic) bond motifs is 1. The predicted molar refractivity (Wildman–Crippen MR) is 109 cm³/mol. The molecule has 0 aromatic heterocycles. The van der Waals surface area contributed by atoms with Crippen LogP contribution in [-0.4, -0.2) is 172 Å². The topological polar surface area (TPSA) is 417 Å². The van der Waals surface area contributed by atoms with Gasteiger partial charge in [0.25, 0.3) is 0 Å². The predicted octanol–water partition coefficient (Wildman–Crippen LogP) is -12.3. The number of nitrogens with two attached hydrogens (primary N) is 1. The molecule has 1 heterocycles. The lowest BCUT2D eigenvalue weighted by Crippen LogP contribution is -3.17. The minimum Gasteiger partial charge on any atom is -0.375 e. The van der Waals surface area contributed by atoms with Crippen LogP contribution >= 0.6 is 0 Å². The molecule has 1 saturated heterocycles. The summed E-state index contributed by atoms with van der Waals surface area (Å²) in [6.07, 6.45) is -3.05. The fourth-order valence-corrected chi connectivity index (χ4v) is 7.79. The number of aliphatic hydroxyl groups excluding tert-OH is 1. The van der Waals surface area contributed by atoms with E-state index in [0.717, 1.165) is 0 Å². The van der Waals surface area contributed by atoms with Crippen LogP contribution in [-0.2, 0) is 0 Å². The average Bonchev–Trinajstić information content (AvgIpc) is 3.39. The summed E-state index contributed by atoms with van der Waals surface area (Å²) in [5, 5.41) is 205. The molecule has 40 heavy (non-hydrogen) atoms. The molecule has 6 rings (SSSR count). The van der Waals surface area contributed by atoms with Crippen LogP contribution < -0.4 is 5.73 Å². The molecule has 21 nitrogen and oxygen atoms in total. The van der Waals surface area contributed by atoms with Gasteiger partial charge in [0, 0.05) is 5.70 Å². The number of rotatable bonds is 3. The molecule has 4 unspecified atom stereocenters. The highest BCUT2D eigenvalue weighted by atomic mass is 16.7. The summed E-state index contributed by atoms with van der Waals surface area (Å²) in [6.45, 7) is 1.23. The maximum absolute atomic E-state index is 11.2. The monoisotopic (exact) mass is 585 g/mol. The lowest BCUT2D eigenvalue weighted by Gasteiger charge is -2.85. The van der Waals surface area contributed by atoms with Gasteiger partial charge in [0.05, 0.1) is 18.0 Å². The third-order valence-corrected chi connectivity index (χ3v) is 9.83. The van der Waals surface area contributed by atoms with Crippen LogP contribution in [0.15, 0.2) is 11.3 Å². The number of nitrogens with zero attached hydrogens (tertiary/aromatic N) is 2. The van der Waals surface area contributed by atoms with Gasteiger partial charge in [-0.3, -0.25) is 0 Å². The number of aliphatic hydroxyl groups is 18. The van der Waals surface area contributed by atoms with Crippen LogP contribution in [0.4, 0.5) is 0 Å². The third kappa shape index (κ3) is 1.95. The van der Waals surface area contributed by atoms with E-state index < -0.39 is 87.0 Å². The second-order valence-corrected chi connectivity index (χ2v) is 11.1. The summed E-state index contributed by atoms with van der Waals surface area (Å²) in [5.74, 6) is -36.6. The Kier molecular flexibility index (Phi) is 4.90. The molecule has 0 amide bonds. The van der Waals surface area contributed by atoms with Gasteiger partial charge in [-0.15, -0.1) is 0 Å². The van der Waals surface area contributed by atoms with Gasteiger partial charge in [-0.25, -0.2) is 0 Å². The molecule has 4 saturated carbocycles. The standard InChI is InChI=1S/C19H27N3O18/c1-3-5-6(3)22(4(2-20)9(5,24)25)8(23)7(21)10-14(29,30)11(26)17(35,36)12(27,15(10,31)32)19(39,40)13(28,16(10,33)34)18(11,37)38/h4-5,7-8,23-40H,21H2,1H3. The van der Waals surface area contributed by atoms with Crippen LogP contribution in [0.3, 0.4) is 0 Å². The molecule has 5 fully saturated rings. The zero-order chi connectivity index (χ0) is 31.2. The number of likely N-dealkylation sites (tertiary alicyclic amines) is 1. The molecule has 5 aliphatic carbocycles. The van der Waals surface area contributed by atoms with E-state index in [1.165, 1.54) is 13.0 Å². The van der Waals surface area contributed by atoms with Gasteiger partial charge in [0.2, 0.25) is 57.3 Å². The zero-order valence-corrected chi connectivity index (χ0v) is 19.8. The van der Waals surface area contributed by atoms with Crippen molar-refractivity contribution in [3.05, 3.63) is 11.3 Å². The van der Waals surface area contributed by atoms with Crippen LogP contribution in [0.1, 0.15) is 6.92 Å². The van der Waals surface area contributed by atoms with Crippen molar-refractivity contribution in [1.29, 1.82) is 5.26 Å². The van der Waals surface area contributed by atoms with Crippen molar-refractivity contribution in [1.82, 2.24) is 4.90 Å². The first-order valence-electron chi connectivity index (χ1n) is 11.2. The molecule has 4 bridgehead atoms. The minimum atomic E-state index is -5.38. The summed E-state index contributed by atoms with van der Waals surface area (Å²) in [6, 6.07) is -4.35. The quantitative estimate of drug-likeness (QED) is 0.137.